The van der Waals surface area contributed by atoms with E-state index >= 15 is 0 Å². The van der Waals surface area contributed by atoms with Crippen molar-refractivity contribution in [2.24, 2.45) is 0 Å². The molecule has 4 nitrogen and oxygen atoms in total. The molecule has 3 rings (SSSR count). The molecule has 0 radical (unpaired) electrons. The lowest BCUT2D eigenvalue weighted by molar-refractivity contribution is -0.113. The molecule has 0 saturated carbocycles. The molecular weight excluding hydrogens is 356 g/mol. The minimum Gasteiger partial charge on any atom is -0.325 e. The molecule has 0 atom stereocenters. The van der Waals surface area contributed by atoms with E-state index in [4.69, 9.17) is 0 Å². The second-order valence-electron chi connectivity index (χ2n) is 5.83. The van der Waals surface area contributed by atoms with Crippen LogP contribution in [-0.2, 0) is 11.2 Å². The minimum absolute atomic E-state index is 0.00747. The van der Waals surface area contributed by atoms with E-state index in [2.05, 4.69) is 10.3 Å². The average Bonchev–Trinajstić information content (AvgIpc) is 3.00. The number of aryl methyl sites for hydroxylation is 2. The van der Waals surface area contributed by atoms with Crippen LogP contribution in [0.3, 0.4) is 0 Å². The van der Waals surface area contributed by atoms with Gasteiger partial charge in [0.1, 0.15) is 0 Å². The number of rotatable bonds is 6. The first-order chi connectivity index (χ1) is 12.5. The van der Waals surface area contributed by atoms with Gasteiger partial charge in [-0.15, -0.1) is 0 Å². The van der Waals surface area contributed by atoms with Gasteiger partial charge in [-0.3, -0.25) is 9.36 Å². The zero-order chi connectivity index (χ0) is 18.7. The molecular formula is C19H19F2N3OS. The molecule has 0 spiro atoms. The Morgan fingerprint density at radius 2 is 2.00 bits per heavy atom. The Bertz CT molecular complexity index is 940. The van der Waals surface area contributed by atoms with Crippen LogP contribution in [0.1, 0.15) is 24.6 Å². The molecule has 1 aromatic heterocycles. The Morgan fingerprint density at radius 3 is 2.73 bits per heavy atom. The van der Waals surface area contributed by atoms with E-state index < -0.39 is 6.55 Å². The number of carbonyl (C=O) groups is 1. The lowest BCUT2D eigenvalue weighted by Gasteiger charge is -2.13. The van der Waals surface area contributed by atoms with E-state index in [1.54, 1.807) is 24.3 Å². The summed E-state index contributed by atoms with van der Waals surface area (Å²) < 4.78 is 27.7. The van der Waals surface area contributed by atoms with Crippen molar-refractivity contribution < 1.29 is 13.6 Å². The van der Waals surface area contributed by atoms with Gasteiger partial charge >= 0.3 is 6.55 Å². The molecule has 26 heavy (non-hydrogen) atoms. The van der Waals surface area contributed by atoms with Crippen LogP contribution in [0.4, 0.5) is 14.5 Å². The van der Waals surface area contributed by atoms with Crippen molar-refractivity contribution in [3.63, 3.8) is 0 Å². The van der Waals surface area contributed by atoms with E-state index in [1.807, 2.05) is 32.0 Å². The van der Waals surface area contributed by atoms with Gasteiger partial charge in [-0.25, -0.2) is 4.98 Å². The number of carbonyl (C=O) groups excluding carboxylic acids is 1. The van der Waals surface area contributed by atoms with E-state index in [1.165, 1.54) is 0 Å². The summed E-state index contributed by atoms with van der Waals surface area (Å²) in [4.78, 5) is 16.6. The number of imidazole rings is 1. The predicted octanol–water partition coefficient (Wildman–Crippen LogP) is 5.03. The molecule has 0 saturated heterocycles. The molecule has 0 aliphatic carbocycles. The molecule has 136 valence electrons. The summed E-state index contributed by atoms with van der Waals surface area (Å²) in [6.07, 6.45) is 0.797. The normalized spacial score (nSPS) is 11.3. The van der Waals surface area contributed by atoms with Crippen molar-refractivity contribution in [1.82, 2.24) is 9.55 Å². The highest BCUT2D eigenvalue weighted by atomic mass is 32.2. The number of halogens is 2. The fourth-order valence-corrected chi connectivity index (χ4v) is 3.63. The standard InChI is InChI=1S/C19H19F2N3OS/c1-3-13-8-6-7-12(2)17(13)23-16(25)11-26-19-22-14-9-4-5-10-15(14)24(19)18(20)21/h4-10,18H,3,11H2,1-2H3,(H,23,25). The number of fused-ring (bicyclic) bond motifs is 1. The van der Waals surface area contributed by atoms with Crippen molar-refractivity contribution in [3.05, 3.63) is 53.6 Å². The van der Waals surface area contributed by atoms with Crippen molar-refractivity contribution >= 4 is 34.4 Å². The Morgan fingerprint density at radius 1 is 1.23 bits per heavy atom. The summed E-state index contributed by atoms with van der Waals surface area (Å²) >= 11 is 1.01. The third-order valence-corrected chi connectivity index (χ3v) is 5.05. The number of nitrogens with zero attached hydrogens (tertiary/aromatic N) is 2. The van der Waals surface area contributed by atoms with Crippen molar-refractivity contribution in [2.45, 2.75) is 32.0 Å². The van der Waals surface area contributed by atoms with Gasteiger partial charge < -0.3 is 5.32 Å². The average molecular weight is 375 g/mol. The lowest BCUT2D eigenvalue weighted by Crippen LogP contribution is -2.16. The van der Waals surface area contributed by atoms with Gasteiger partial charge in [-0.2, -0.15) is 8.78 Å². The van der Waals surface area contributed by atoms with Gasteiger partial charge in [0.15, 0.2) is 5.16 Å². The number of benzene rings is 2. The van der Waals surface area contributed by atoms with Gasteiger partial charge in [-0.1, -0.05) is 49.0 Å². The fourth-order valence-electron chi connectivity index (χ4n) is 2.82. The van der Waals surface area contributed by atoms with Crippen LogP contribution in [-0.4, -0.2) is 21.2 Å². The maximum absolute atomic E-state index is 13.4. The zero-order valence-corrected chi connectivity index (χ0v) is 15.3. The molecule has 1 heterocycles. The number of hydrogen-bond acceptors (Lipinski definition) is 3. The van der Waals surface area contributed by atoms with Crippen LogP contribution in [0.5, 0.6) is 0 Å². The largest absolute Gasteiger partial charge is 0.325 e. The van der Waals surface area contributed by atoms with Gasteiger partial charge in [0.05, 0.1) is 16.8 Å². The molecule has 0 aliphatic heterocycles. The number of alkyl halides is 2. The molecule has 3 aromatic rings. The Balaban J connectivity index is 1.77. The van der Waals surface area contributed by atoms with Gasteiger partial charge in [0.25, 0.3) is 0 Å². The molecule has 1 N–H and O–H groups in total. The summed E-state index contributed by atoms with van der Waals surface area (Å²) in [6, 6.07) is 12.6. The van der Waals surface area contributed by atoms with Crippen LogP contribution in [0, 0.1) is 6.92 Å². The Labute approximate surface area is 154 Å². The first kappa shape index (κ1) is 18.4. The number of para-hydroxylation sites is 3. The number of aromatic nitrogens is 2. The molecule has 0 unspecified atom stereocenters. The summed E-state index contributed by atoms with van der Waals surface area (Å²) in [5.41, 5.74) is 3.66. The fraction of sp³-hybridized carbons (Fsp3) is 0.263. The Kier molecular flexibility index (Phi) is 5.56. The van der Waals surface area contributed by atoms with Gasteiger partial charge in [0, 0.05) is 5.69 Å². The SMILES string of the molecule is CCc1cccc(C)c1NC(=O)CSc1nc2ccccc2n1C(F)F. The van der Waals surface area contributed by atoms with E-state index in [0.717, 1.165) is 39.6 Å². The van der Waals surface area contributed by atoms with Crippen molar-refractivity contribution in [3.8, 4) is 0 Å². The maximum atomic E-state index is 13.4. The molecule has 7 heteroatoms. The van der Waals surface area contributed by atoms with Gasteiger partial charge in [0.2, 0.25) is 5.91 Å². The number of nitrogens with one attached hydrogen (secondary N) is 1. The van der Waals surface area contributed by atoms with Crippen LogP contribution in [0.15, 0.2) is 47.6 Å². The van der Waals surface area contributed by atoms with Crippen LogP contribution < -0.4 is 5.32 Å². The first-order valence-corrected chi connectivity index (χ1v) is 9.26. The third-order valence-electron chi connectivity index (χ3n) is 4.10. The number of hydrogen-bond donors (Lipinski definition) is 1. The summed E-state index contributed by atoms with van der Waals surface area (Å²) in [7, 11) is 0. The predicted molar refractivity (Wildman–Crippen MR) is 101 cm³/mol. The second-order valence-corrected chi connectivity index (χ2v) is 6.77. The third kappa shape index (κ3) is 3.72. The smallest absolute Gasteiger partial charge is 0.321 e. The number of thioether (sulfide) groups is 1. The molecule has 2 aromatic carbocycles. The van der Waals surface area contributed by atoms with Crippen LogP contribution in [0.2, 0.25) is 0 Å². The summed E-state index contributed by atoms with van der Waals surface area (Å²) in [6.45, 7) is 1.23. The maximum Gasteiger partial charge on any atom is 0.321 e. The van der Waals surface area contributed by atoms with E-state index in [0.29, 0.717) is 11.0 Å². The summed E-state index contributed by atoms with van der Waals surface area (Å²) in [5, 5.41) is 3.03. The molecule has 0 aliphatic rings. The van der Waals surface area contributed by atoms with E-state index in [9.17, 15) is 13.6 Å². The number of amides is 1. The number of anilines is 1. The Hall–Kier alpha value is -2.41. The van der Waals surface area contributed by atoms with E-state index in [-0.39, 0.29) is 16.8 Å². The summed E-state index contributed by atoms with van der Waals surface area (Å²) in [5.74, 6) is -0.236. The highest BCUT2D eigenvalue weighted by molar-refractivity contribution is 7.99. The second kappa shape index (κ2) is 7.86. The molecule has 1 amide bonds. The highest BCUT2D eigenvalue weighted by Crippen LogP contribution is 2.29. The topological polar surface area (TPSA) is 46.9 Å². The van der Waals surface area contributed by atoms with Crippen LogP contribution in [0.25, 0.3) is 11.0 Å². The monoisotopic (exact) mass is 375 g/mol. The van der Waals surface area contributed by atoms with Crippen molar-refractivity contribution in [1.29, 1.82) is 0 Å². The lowest BCUT2D eigenvalue weighted by atomic mass is 10.1. The highest BCUT2D eigenvalue weighted by Gasteiger charge is 2.19. The minimum atomic E-state index is -2.71. The zero-order valence-electron chi connectivity index (χ0n) is 14.5. The molecule has 0 fully saturated rings. The van der Waals surface area contributed by atoms with Crippen molar-refractivity contribution in [2.75, 3.05) is 11.1 Å². The van der Waals surface area contributed by atoms with Crippen LogP contribution >= 0.6 is 11.8 Å². The quantitative estimate of drug-likeness (QED) is 0.615. The molecule has 0 bridgehead atoms. The first-order valence-electron chi connectivity index (χ1n) is 8.27. The van der Waals surface area contributed by atoms with Gasteiger partial charge in [-0.05, 0) is 36.6 Å².